The van der Waals surface area contributed by atoms with Crippen LogP contribution < -0.4 is 5.73 Å². The average Bonchev–Trinajstić information content (AvgIpc) is 3.39. The summed E-state index contributed by atoms with van der Waals surface area (Å²) >= 11 is 0. The molecule has 10 nitrogen and oxygen atoms in total. The highest BCUT2D eigenvalue weighted by Gasteiger charge is 2.22. The molecule has 2 aromatic rings. The molecule has 1 unspecified atom stereocenters. The van der Waals surface area contributed by atoms with Crippen molar-refractivity contribution in [1.82, 2.24) is 19.5 Å². The van der Waals surface area contributed by atoms with Crippen LogP contribution >= 0.6 is 7.60 Å². The summed E-state index contributed by atoms with van der Waals surface area (Å²) in [5.41, 5.74) is 10.5. The lowest BCUT2D eigenvalue weighted by atomic mass is 10.1. The van der Waals surface area contributed by atoms with Gasteiger partial charge in [0.1, 0.15) is 26.3 Å². The van der Waals surface area contributed by atoms with Gasteiger partial charge in [-0.2, -0.15) is 0 Å². The lowest BCUT2D eigenvalue weighted by Gasteiger charge is -2.17. The van der Waals surface area contributed by atoms with E-state index < -0.39 is 15.7 Å². The van der Waals surface area contributed by atoms with Gasteiger partial charge in [0.2, 0.25) is 0 Å². The summed E-state index contributed by atoms with van der Waals surface area (Å²) in [6, 6.07) is 2.54. The number of hydrogen-bond acceptors (Lipinski definition) is 8. The molecule has 0 saturated heterocycles. The van der Waals surface area contributed by atoms with Crippen LogP contribution in [0.2, 0.25) is 18.6 Å². The van der Waals surface area contributed by atoms with Crippen molar-refractivity contribution in [3.8, 4) is 11.5 Å². The van der Waals surface area contributed by atoms with Crippen LogP contribution in [0.1, 0.15) is 91.4 Å². The summed E-state index contributed by atoms with van der Waals surface area (Å²) in [5, 5.41) is 0. The van der Waals surface area contributed by atoms with Gasteiger partial charge in [0.25, 0.3) is 0 Å². The second-order valence-electron chi connectivity index (χ2n) is 11.4. The zero-order chi connectivity index (χ0) is 30.7. The molecule has 0 aliphatic rings. The number of hydrogen-bond donors (Lipinski definition) is 2. The molecular formula is C30H54N5O5PSi. The second-order valence-corrected chi connectivity index (χ2v) is 17.9. The summed E-state index contributed by atoms with van der Waals surface area (Å²) < 4.78 is 30.5. The molecule has 0 radical (unpaired) electrons. The Morgan fingerprint density at radius 2 is 1.62 bits per heavy atom. The minimum Gasteiger partial charge on any atom is -0.382 e. The zero-order valence-electron chi connectivity index (χ0n) is 26.4. The lowest BCUT2D eigenvalue weighted by molar-refractivity contribution is 0.0688. The fourth-order valence-electron chi connectivity index (χ4n) is 4.45. The van der Waals surface area contributed by atoms with Crippen LogP contribution in [-0.4, -0.2) is 64.8 Å². The number of nitrogens with two attached hydrogens (primary N) is 1. The maximum atomic E-state index is 12.3. The van der Waals surface area contributed by atoms with E-state index in [1.165, 1.54) is 69.8 Å². The minimum atomic E-state index is -3.84. The minimum absolute atomic E-state index is 0.152. The molecule has 0 bridgehead atoms. The molecule has 3 N–H and O–H groups in total. The van der Waals surface area contributed by atoms with Gasteiger partial charge in [-0.25, -0.2) is 15.0 Å². The normalized spacial score (nSPS) is 14.0. The van der Waals surface area contributed by atoms with E-state index in [1.807, 2.05) is 0 Å². The first kappa shape index (κ1) is 36.4. The first-order chi connectivity index (χ1) is 20.2. The summed E-state index contributed by atoms with van der Waals surface area (Å²) in [6.07, 6.45) is 15.1. The van der Waals surface area contributed by atoms with E-state index in [2.05, 4.69) is 46.8 Å². The molecule has 0 amide bonds. The number of ether oxygens (including phenoxy) is 2. The van der Waals surface area contributed by atoms with E-state index in [0.29, 0.717) is 36.6 Å². The van der Waals surface area contributed by atoms with Crippen LogP contribution in [0.5, 0.6) is 0 Å². The van der Waals surface area contributed by atoms with Crippen molar-refractivity contribution in [1.29, 1.82) is 0 Å². The topological polar surface area (TPSA) is 135 Å². The third-order valence-corrected chi connectivity index (χ3v) is 12.6. The summed E-state index contributed by atoms with van der Waals surface area (Å²) in [6.45, 7) is 10.6. The van der Waals surface area contributed by atoms with Crippen LogP contribution in [0.3, 0.4) is 0 Å². The average molecular weight is 624 g/mol. The lowest BCUT2D eigenvalue weighted by Crippen LogP contribution is -2.25. The Labute approximate surface area is 254 Å². The van der Waals surface area contributed by atoms with Gasteiger partial charge in [-0.15, -0.1) is 11.5 Å². The van der Waals surface area contributed by atoms with Crippen molar-refractivity contribution in [2.24, 2.45) is 0 Å². The molecule has 0 aliphatic heterocycles. The van der Waals surface area contributed by atoms with Crippen LogP contribution in [0.15, 0.2) is 12.7 Å². The first-order valence-corrected chi connectivity index (χ1v) is 20.4. The van der Waals surface area contributed by atoms with Crippen molar-refractivity contribution >= 4 is 32.7 Å². The van der Waals surface area contributed by atoms with Crippen molar-refractivity contribution in [3.63, 3.8) is 0 Å². The Hall–Kier alpha value is -1.80. The number of unbranched alkanes of at least 4 members (excludes halogenated alkanes) is 9. The Balaban J connectivity index is 1.39. The van der Waals surface area contributed by atoms with Crippen LogP contribution in [0.4, 0.5) is 5.82 Å². The number of fused-ring (bicyclic) bond motifs is 1. The fourth-order valence-corrected chi connectivity index (χ4v) is 6.79. The molecule has 2 atom stereocenters. The summed E-state index contributed by atoms with van der Waals surface area (Å²) in [4.78, 5) is 22.4. The van der Waals surface area contributed by atoms with E-state index in [-0.39, 0.29) is 19.1 Å². The second kappa shape index (κ2) is 20.2. The molecule has 0 aromatic carbocycles. The molecule has 2 aromatic heterocycles. The third kappa shape index (κ3) is 14.6. The standard InChI is InChI=1S/C30H54N5O5PSi/c1-5-42(4,6-2)22-17-15-13-11-9-7-8-10-12-14-16-19-38-20-18-21-40-41(36,37)26-39-27(3)23-35-25-34-28-29(31)32-24-33-30(28)35/h24-25,27H,5-16,18-21,23,26H2,1-4H3,(H,36,37)(H2,31,32,33)/t27-/m1/s1. The van der Waals surface area contributed by atoms with Crippen molar-refractivity contribution in [2.45, 2.75) is 123 Å². The Morgan fingerprint density at radius 3 is 2.31 bits per heavy atom. The highest BCUT2D eigenvalue weighted by molar-refractivity contribution is 7.52. The summed E-state index contributed by atoms with van der Waals surface area (Å²) in [5.74, 6) is 3.76. The monoisotopic (exact) mass is 623 g/mol. The number of imidazole rings is 1. The predicted molar refractivity (Wildman–Crippen MR) is 173 cm³/mol. The van der Waals surface area contributed by atoms with Crippen LogP contribution in [0.25, 0.3) is 11.2 Å². The number of nitrogens with zero attached hydrogens (tertiary/aromatic N) is 4. The number of nitrogen functional groups attached to an aromatic ring is 1. The molecule has 0 aliphatic carbocycles. The van der Waals surface area contributed by atoms with Gasteiger partial charge in [0.05, 0.1) is 25.6 Å². The van der Waals surface area contributed by atoms with Crippen molar-refractivity contribution in [3.05, 3.63) is 12.7 Å². The van der Waals surface area contributed by atoms with Gasteiger partial charge >= 0.3 is 7.60 Å². The molecule has 0 spiro atoms. The van der Waals surface area contributed by atoms with E-state index >= 15 is 0 Å². The van der Waals surface area contributed by atoms with Gasteiger partial charge in [0.15, 0.2) is 11.5 Å². The van der Waals surface area contributed by atoms with Crippen molar-refractivity contribution in [2.75, 3.05) is 31.9 Å². The van der Waals surface area contributed by atoms with Gasteiger partial charge in [-0.05, 0) is 38.3 Å². The highest BCUT2D eigenvalue weighted by atomic mass is 31.2. The smallest absolute Gasteiger partial charge is 0.353 e. The first-order valence-electron chi connectivity index (χ1n) is 15.8. The van der Waals surface area contributed by atoms with Crippen molar-refractivity contribution < 1.29 is 23.5 Å². The maximum absolute atomic E-state index is 12.3. The van der Waals surface area contributed by atoms with Gasteiger partial charge in [-0.1, -0.05) is 65.3 Å². The number of aromatic nitrogens is 4. The molecule has 0 fully saturated rings. The predicted octanol–water partition coefficient (Wildman–Crippen LogP) is 6.94. The molecule has 12 heteroatoms. The Kier molecular flexibility index (Phi) is 17.5. The molecule has 2 heterocycles. The van der Waals surface area contributed by atoms with Gasteiger partial charge < -0.3 is 29.2 Å². The quantitative estimate of drug-likeness (QED) is 0.0584. The SMILES string of the molecule is CC[Si](C)(C#CCCCCCCCCCCCOCCCOP(=O)(O)CO[C@H](C)Cn1cnc2c(N)ncnc21)CC. The summed E-state index contributed by atoms with van der Waals surface area (Å²) in [7, 11) is -5.08. The largest absolute Gasteiger partial charge is 0.382 e. The fraction of sp³-hybridized carbons (Fsp3) is 0.767. The van der Waals surface area contributed by atoms with E-state index in [4.69, 9.17) is 19.7 Å². The highest BCUT2D eigenvalue weighted by Crippen LogP contribution is 2.42. The molecule has 42 heavy (non-hydrogen) atoms. The molecular weight excluding hydrogens is 569 g/mol. The Morgan fingerprint density at radius 1 is 0.976 bits per heavy atom. The van der Waals surface area contributed by atoms with Crippen LogP contribution in [-0.2, 0) is 25.1 Å². The molecule has 238 valence electrons. The number of rotatable bonds is 23. The maximum Gasteiger partial charge on any atom is 0.353 e. The molecule has 0 saturated carbocycles. The molecule has 2 rings (SSSR count). The Bertz CT molecular complexity index is 1130. The van der Waals surface area contributed by atoms with E-state index in [1.54, 1.807) is 17.8 Å². The zero-order valence-corrected chi connectivity index (χ0v) is 28.2. The van der Waals surface area contributed by atoms with Gasteiger partial charge in [-0.3, -0.25) is 4.57 Å². The van der Waals surface area contributed by atoms with Gasteiger partial charge in [0, 0.05) is 19.6 Å². The van der Waals surface area contributed by atoms with Crippen LogP contribution in [0, 0.1) is 11.5 Å². The van der Waals surface area contributed by atoms with E-state index in [0.717, 1.165) is 19.4 Å². The third-order valence-electron chi connectivity index (χ3n) is 7.67. The number of anilines is 1. The van der Waals surface area contributed by atoms with E-state index in [9.17, 15) is 9.46 Å².